The number of ketones is 3. The lowest BCUT2D eigenvalue weighted by Gasteiger charge is -2.42. The van der Waals surface area contributed by atoms with Gasteiger partial charge in [0.15, 0.2) is 24.5 Å². The number of aliphatic hydroxyl groups is 3. The van der Waals surface area contributed by atoms with Crippen molar-refractivity contribution in [2.75, 3.05) is 20.3 Å². The monoisotopic (exact) mass is 694 g/mol. The van der Waals surface area contributed by atoms with Gasteiger partial charge < -0.3 is 55.9 Å². The number of aliphatic hydroxyl groups excluding tert-OH is 2. The molecule has 50 heavy (non-hydrogen) atoms. The summed E-state index contributed by atoms with van der Waals surface area (Å²) < 4.78 is 22.0. The number of benzene rings is 3. The fourth-order valence-corrected chi connectivity index (χ4v) is 6.42. The molecule has 1 heterocycles. The van der Waals surface area contributed by atoms with Gasteiger partial charge in [0.05, 0.1) is 42.1 Å². The number of nitrogens with two attached hydrogens (primary N) is 2. The molecule has 1 saturated heterocycles. The molecular formula is C35H38N2O13. The quantitative estimate of drug-likeness (QED) is 0.124. The van der Waals surface area contributed by atoms with Gasteiger partial charge in [0.1, 0.15) is 35.2 Å². The van der Waals surface area contributed by atoms with Gasteiger partial charge in [-0.1, -0.05) is 30.3 Å². The largest absolute Gasteiger partial charge is 0.507 e. The van der Waals surface area contributed by atoms with E-state index in [0.717, 1.165) is 0 Å². The van der Waals surface area contributed by atoms with Crippen LogP contribution in [0.15, 0.2) is 48.5 Å². The first-order valence-corrected chi connectivity index (χ1v) is 15.7. The van der Waals surface area contributed by atoms with Gasteiger partial charge in [0, 0.05) is 42.0 Å². The van der Waals surface area contributed by atoms with Crippen molar-refractivity contribution < 1.29 is 63.7 Å². The van der Waals surface area contributed by atoms with Crippen LogP contribution in [0.5, 0.6) is 23.0 Å². The van der Waals surface area contributed by atoms with Gasteiger partial charge >= 0.3 is 0 Å². The number of phenolic OH excluding ortho intramolecular Hbond substituents is 2. The van der Waals surface area contributed by atoms with E-state index in [4.69, 9.17) is 30.4 Å². The maximum Gasteiger partial charge on any atom is 0.255 e. The fourth-order valence-electron chi connectivity index (χ4n) is 6.42. The van der Waals surface area contributed by atoms with E-state index >= 15 is 0 Å². The van der Waals surface area contributed by atoms with Gasteiger partial charge in [-0.15, -0.1) is 0 Å². The molecule has 1 fully saturated rings. The van der Waals surface area contributed by atoms with Crippen molar-refractivity contribution >= 4 is 23.3 Å². The second kappa shape index (κ2) is 14.5. The third kappa shape index (κ3) is 6.79. The van der Waals surface area contributed by atoms with Crippen LogP contribution in [0.4, 0.5) is 0 Å². The van der Waals surface area contributed by atoms with Crippen LogP contribution < -0.4 is 20.9 Å². The van der Waals surface area contributed by atoms with E-state index in [2.05, 4.69) is 0 Å². The van der Waals surface area contributed by atoms with Crippen molar-refractivity contribution in [2.24, 2.45) is 11.5 Å². The molecule has 0 unspecified atom stereocenters. The van der Waals surface area contributed by atoms with E-state index in [1.165, 1.54) is 25.3 Å². The summed E-state index contributed by atoms with van der Waals surface area (Å²) in [7, 11) is 1.32. The molecule has 1 amide bonds. The molecule has 6 atom stereocenters. The van der Waals surface area contributed by atoms with E-state index in [-0.39, 0.29) is 41.0 Å². The number of carbonyl (C=O) groups is 4. The molecule has 0 radical (unpaired) electrons. The molecule has 3 aromatic carbocycles. The van der Waals surface area contributed by atoms with Crippen LogP contribution in [-0.2, 0) is 25.5 Å². The van der Waals surface area contributed by atoms with E-state index < -0.39 is 102 Å². The standard InChI is InChI=1S/C27H29NO11.C8H9NO2/c1-10-22(31)13(28)6-17(38-10)39-15-8-27(36,16(30)9-29)7-12-19(15)26(35)21-20(24(12)33)23(32)11-4-3-5-14(37-2)18(11)25(21)34;9-8(10)6-11-7-4-2-1-3-5-7/h3-5,10,13,15,17,22,29,31,33,35-36H,6-9,28H2,1-2H3;1-5H,6H2,(H2,9,10)/t10-,13-,15-,17-,22+,27-;/m0./s1. The molecule has 0 spiro atoms. The Morgan fingerprint density at radius 2 is 1.68 bits per heavy atom. The molecule has 6 rings (SSSR count). The smallest absolute Gasteiger partial charge is 0.255 e. The number of amides is 1. The van der Waals surface area contributed by atoms with E-state index in [9.17, 15) is 44.7 Å². The molecule has 0 bridgehead atoms. The minimum Gasteiger partial charge on any atom is -0.507 e. The van der Waals surface area contributed by atoms with Crippen LogP contribution >= 0.6 is 0 Å². The van der Waals surface area contributed by atoms with Crippen molar-refractivity contribution in [3.8, 4) is 23.0 Å². The molecule has 0 aromatic heterocycles. The van der Waals surface area contributed by atoms with Crippen LogP contribution in [-0.4, -0.2) is 99.3 Å². The molecule has 15 heteroatoms. The lowest BCUT2D eigenvalue weighted by molar-refractivity contribution is -0.247. The summed E-state index contributed by atoms with van der Waals surface area (Å²) in [5.41, 5.74) is 7.25. The van der Waals surface area contributed by atoms with Gasteiger partial charge in [-0.2, -0.15) is 0 Å². The Labute approximate surface area is 285 Å². The number of ether oxygens (including phenoxy) is 4. The number of hydrogen-bond acceptors (Lipinski definition) is 14. The third-order valence-electron chi connectivity index (χ3n) is 8.93. The minimum absolute atomic E-state index is 0.0173. The number of aromatic hydroxyl groups is 2. The number of primary amides is 1. The maximum atomic E-state index is 13.6. The Hall–Kier alpha value is -4.90. The van der Waals surface area contributed by atoms with Gasteiger partial charge in [0.2, 0.25) is 5.78 Å². The molecule has 15 nitrogen and oxygen atoms in total. The van der Waals surface area contributed by atoms with Crippen molar-refractivity contribution in [1.29, 1.82) is 0 Å². The summed E-state index contributed by atoms with van der Waals surface area (Å²) in [6.45, 7) is 0.494. The van der Waals surface area contributed by atoms with Crippen molar-refractivity contribution in [1.82, 2.24) is 0 Å². The maximum absolute atomic E-state index is 13.6. The predicted octanol–water partition coefficient (Wildman–Crippen LogP) is 0.552. The lowest BCUT2D eigenvalue weighted by Crippen LogP contribution is -2.53. The molecule has 266 valence electrons. The Morgan fingerprint density at radius 1 is 1.00 bits per heavy atom. The molecule has 1 aliphatic heterocycles. The molecule has 3 aliphatic rings. The van der Waals surface area contributed by atoms with Gasteiger partial charge in [-0.05, 0) is 25.1 Å². The second-order valence-corrected chi connectivity index (χ2v) is 12.2. The topological polar surface area (TPSA) is 258 Å². The number of methoxy groups -OCH3 is 1. The van der Waals surface area contributed by atoms with E-state index in [1.54, 1.807) is 19.1 Å². The number of hydrogen-bond donors (Lipinski definition) is 7. The summed E-state index contributed by atoms with van der Waals surface area (Å²) in [6.07, 6.45) is -5.12. The van der Waals surface area contributed by atoms with Crippen LogP contribution in [0, 0.1) is 0 Å². The van der Waals surface area contributed by atoms with Crippen LogP contribution in [0.1, 0.15) is 68.8 Å². The third-order valence-corrected chi connectivity index (χ3v) is 8.93. The fraction of sp³-hybridized carbons (Fsp3) is 0.371. The van der Waals surface area contributed by atoms with Crippen LogP contribution in [0.2, 0.25) is 0 Å². The second-order valence-electron chi connectivity index (χ2n) is 12.2. The predicted molar refractivity (Wildman–Crippen MR) is 173 cm³/mol. The Bertz CT molecular complexity index is 1800. The minimum atomic E-state index is -2.24. The van der Waals surface area contributed by atoms with Gasteiger partial charge in [-0.25, -0.2) is 0 Å². The summed E-state index contributed by atoms with van der Waals surface area (Å²) in [4.78, 5) is 50.0. The van der Waals surface area contributed by atoms with Gasteiger partial charge in [0.25, 0.3) is 5.91 Å². The number of phenols is 2. The zero-order valence-electron chi connectivity index (χ0n) is 27.2. The highest BCUT2D eigenvalue weighted by Gasteiger charge is 2.50. The average Bonchev–Trinajstić information content (AvgIpc) is 3.09. The van der Waals surface area contributed by atoms with Crippen LogP contribution in [0.3, 0.4) is 0 Å². The zero-order valence-corrected chi connectivity index (χ0v) is 27.2. The summed E-state index contributed by atoms with van der Waals surface area (Å²) in [6, 6.07) is 12.7. The Morgan fingerprint density at radius 3 is 2.30 bits per heavy atom. The first-order chi connectivity index (χ1) is 23.7. The number of para-hydroxylation sites is 1. The molecular weight excluding hydrogens is 656 g/mol. The number of carbonyl (C=O) groups excluding carboxylic acids is 4. The first-order valence-electron chi connectivity index (χ1n) is 15.7. The number of Topliss-reactive ketones (excluding diaryl/α,β-unsaturated/α-hetero) is 1. The summed E-state index contributed by atoms with van der Waals surface area (Å²) in [5.74, 6) is -3.58. The lowest BCUT2D eigenvalue weighted by atomic mass is 9.72. The number of rotatable bonds is 8. The summed E-state index contributed by atoms with van der Waals surface area (Å²) in [5, 5.41) is 53.7. The average molecular weight is 695 g/mol. The van der Waals surface area contributed by atoms with Crippen molar-refractivity contribution in [2.45, 2.75) is 62.4 Å². The molecule has 9 N–H and O–H groups in total. The van der Waals surface area contributed by atoms with E-state index in [1.807, 2.05) is 18.2 Å². The molecule has 3 aromatic rings. The van der Waals surface area contributed by atoms with Crippen molar-refractivity contribution in [3.63, 3.8) is 0 Å². The highest BCUT2D eigenvalue weighted by Crippen LogP contribution is 2.52. The SMILES string of the molecule is COc1cccc2c1C(=O)c1c(O)c3c(c(O)c1C2=O)C[C@@](O)(C(=O)CO)C[C@@H]3O[C@H]1C[C@H](N)[C@H](O)[C@H](C)O1.NC(=O)COc1ccccc1. The van der Waals surface area contributed by atoms with Gasteiger partial charge in [-0.3, -0.25) is 19.2 Å². The Balaban J connectivity index is 0.000000377. The number of fused-ring (bicyclic) bond motifs is 3. The molecule has 2 aliphatic carbocycles. The Kier molecular flexibility index (Phi) is 10.6. The normalized spacial score (nSPS) is 25.3. The highest BCUT2D eigenvalue weighted by molar-refractivity contribution is 6.31. The first kappa shape index (κ1) is 36.4. The molecule has 0 saturated carbocycles. The van der Waals surface area contributed by atoms with E-state index in [0.29, 0.717) is 5.75 Å². The highest BCUT2D eigenvalue weighted by atomic mass is 16.7. The zero-order chi connectivity index (χ0) is 36.5. The van der Waals surface area contributed by atoms with Crippen LogP contribution in [0.25, 0.3) is 0 Å². The van der Waals surface area contributed by atoms with Crippen molar-refractivity contribution in [3.05, 3.63) is 81.9 Å². The summed E-state index contributed by atoms with van der Waals surface area (Å²) >= 11 is 0.